The number of amidine groups is 1. The van der Waals surface area contributed by atoms with Gasteiger partial charge in [0.2, 0.25) is 0 Å². The maximum atomic E-state index is 11.6. The van der Waals surface area contributed by atoms with E-state index in [4.69, 9.17) is 5.73 Å². The third-order valence-electron chi connectivity index (χ3n) is 3.96. The second-order valence-electron chi connectivity index (χ2n) is 5.25. The third kappa shape index (κ3) is 1.85. The normalized spacial score (nSPS) is 22.5. The molecule has 5 nitrogen and oxygen atoms in total. The first-order valence-electron chi connectivity index (χ1n) is 6.53. The Morgan fingerprint density at radius 2 is 2.16 bits per heavy atom. The van der Waals surface area contributed by atoms with Crippen LogP contribution in [0.2, 0.25) is 0 Å². The number of nitrogens with zero attached hydrogens (tertiary/aromatic N) is 3. The van der Waals surface area contributed by atoms with Crippen LogP contribution >= 0.6 is 0 Å². The summed E-state index contributed by atoms with van der Waals surface area (Å²) in [5.74, 6) is 0.386. The third-order valence-corrected chi connectivity index (χ3v) is 3.96. The summed E-state index contributed by atoms with van der Waals surface area (Å²) in [5.41, 5.74) is 9.52. The molecule has 1 aromatic rings. The van der Waals surface area contributed by atoms with E-state index in [0.29, 0.717) is 5.84 Å². The van der Waals surface area contributed by atoms with Crippen molar-refractivity contribution in [2.75, 3.05) is 25.5 Å². The van der Waals surface area contributed by atoms with Crippen molar-refractivity contribution in [1.82, 2.24) is 4.90 Å². The molecule has 1 aromatic carbocycles. The molecule has 2 aliphatic heterocycles. The highest BCUT2D eigenvalue weighted by Crippen LogP contribution is 2.32. The van der Waals surface area contributed by atoms with E-state index in [1.807, 2.05) is 6.07 Å². The van der Waals surface area contributed by atoms with E-state index in [9.17, 15) is 4.79 Å². The number of benzene rings is 1. The first-order valence-corrected chi connectivity index (χ1v) is 6.53. The van der Waals surface area contributed by atoms with Gasteiger partial charge in [0.05, 0.1) is 0 Å². The van der Waals surface area contributed by atoms with E-state index in [1.54, 1.807) is 11.9 Å². The molecule has 1 atom stereocenters. The SMILES string of the molecule is CN1CCCc2cc(C3C(N)=NC(=O)N3C)ccc21. The lowest BCUT2D eigenvalue weighted by Crippen LogP contribution is -2.30. The highest BCUT2D eigenvalue weighted by Gasteiger charge is 2.32. The van der Waals surface area contributed by atoms with Crippen LogP contribution in [0.15, 0.2) is 23.2 Å². The van der Waals surface area contributed by atoms with Crippen LogP contribution in [0.5, 0.6) is 0 Å². The van der Waals surface area contributed by atoms with Crippen LogP contribution in [0.25, 0.3) is 0 Å². The van der Waals surface area contributed by atoms with Crippen molar-refractivity contribution in [2.24, 2.45) is 10.7 Å². The number of likely N-dealkylation sites (N-methyl/N-ethyl adjacent to an activating group) is 1. The maximum Gasteiger partial charge on any atom is 0.345 e. The topological polar surface area (TPSA) is 61.9 Å². The van der Waals surface area contributed by atoms with Crippen LogP contribution in [-0.2, 0) is 6.42 Å². The van der Waals surface area contributed by atoms with Crippen molar-refractivity contribution in [2.45, 2.75) is 18.9 Å². The van der Waals surface area contributed by atoms with Gasteiger partial charge in [-0.2, -0.15) is 4.99 Å². The number of nitrogens with two attached hydrogens (primary N) is 1. The Hall–Kier alpha value is -2.04. The molecule has 2 N–H and O–H groups in total. The molecule has 0 aromatic heterocycles. The standard InChI is InChI=1S/C14H18N4O/c1-17-7-3-4-9-8-10(5-6-11(9)17)12-13(15)16-14(19)18(12)2/h5-6,8,12H,3-4,7H2,1-2H3,(H2,15,16,19). The Bertz CT molecular complexity index is 567. The first kappa shape index (κ1) is 12.0. The average molecular weight is 258 g/mol. The van der Waals surface area contributed by atoms with Crippen LogP contribution in [0.1, 0.15) is 23.6 Å². The zero-order valence-corrected chi connectivity index (χ0v) is 11.3. The number of hydrogen-bond acceptors (Lipinski definition) is 3. The molecule has 0 saturated heterocycles. The van der Waals surface area contributed by atoms with Crippen LogP contribution < -0.4 is 10.6 Å². The molecule has 3 rings (SSSR count). The number of urea groups is 1. The van der Waals surface area contributed by atoms with Gasteiger partial charge in [0.25, 0.3) is 0 Å². The Kier molecular flexibility index (Phi) is 2.69. The van der Waals surface area contributed by atoms with Crippen LogP contribution in [0.4, 0.5) is 10.5 Å². The predicted molar refractivity (Wildman–Crippen MR) is 75.6 cm³/mol. The summed E-state index contributed by atoms with van der Waals surface area (Å²) >= 11 is 0. The van der Waals surface area contributed by atoms with Gasteiger partial charge in [-0.1, -0.05) is 12.1 Å². The number of amides is 2. The average Bonchev–Trinajstić information content (AvgIpc) is 2.63. The zero-order valence-electron chi connectivity index (χ0n) is 11.3. The molecule has 1 unspecified atom stereocenters. The lowest BCUT2D eigenvalue weighted by atomic mass is 9.96. The van der Waals surface area contributed by atoms with Crippen molar-refractivity contribution in [1.29, 1.82) is 0 Å². The van der Waals surface area contributed by atoms with Crippen molar-refractivity contribution >= 4 is 17.6 Å². The van der Waals surface area contributed by atoms with E-state index in [-0.39, 0.29) is 12.1 Å². The molecule has 0 saturated carbocycles. The summed E-state index contributed by atoms with van der Waals surface area (Å²) in [6.45, 7) is 1.10. The minimum Gasteiger partial charge on any atom is -0.385 e. The number of rotatable bonds is 1. The first-order chi connectivity index (χ1) is 9.08. The second-order valence-corrected chi connectivity index (χ2v) is 5.25. The van der Waals surface area contributed by atoms with Gasteiger partial charge in [-0.25, -0.2) is 4.79 Å². The van der Waals surface area contributed by atoms with E-state index >= 15 is 0 Å². The molecule has 0 bridgehead atoms. The summed E-state index contributed by atoms with van der Waals surface area (Å²) in [5, 5.41) is 0. The summed E-state index contributed by atoms with van der Waals surface area (Å²) in [6, 6.07) is 5.84. The lowest BCUT2D eigenvalue weighted by Gasteiger charge is -2.29. The molecular formula is C14H18N4O. The number of hydrogen-bond donors (Lipinski definition) is 1. The smallest absolute Gasteiger partial charge is 0.345 e. The Morgan fingerprint density at radius 3 is 2.84 bits per heavy atom. The quantitative estimate of drug-likeness (QED) is 0.831. The fourth-order valence-electron chi connectivity index (χ4n) is 2.93. The minimum atomic E-state index is -0.266. The molecule has 2 heterocycles. The van der Waals surface area contributed by atoms with Crippen LogP contribution in [0.3, 0.4) is 0 Å². The molecule has 0 fully saturated rings. The molecule has 100 valence electrons. The summed E-state index contributed by atoms with van der Waals surface area (Å²) in [4.78, 5) is 19.2. The van der Waals surface area contributed by atoms with E-state index < -0.39 is 0 Å². The Balaban J connectivity index is 1.99. The Morgan fingerprint density at radius 1 is 1.37 bits per heavy atom. The van der Waals surface area contributed by atoms with Gasteiger partial charge in [0, 0.05) is 26.3 Å². The Labute approximate surface area is 112 Å². The van der Waals surface area contributed by atoms with Gasteiger partial charge in [-0.05, 0) is 30.0 Å². The number of aliphatic imine (C=N–C) groups is 1. The van der Waals surface area contributed by atoms with E-state index in [0.717, 1.165) is 24.9 Å². The fourth-order valence-corrected chi connectivity index (χ4v) is 2.93. The largest absolute Gasteiger partial charge is 0.385 e. The van der Waals surface area contributed by atoms with Crippen LogP contribution in [-0.4, -0.2) is 37.4 Å². The molecule has 0 radical (unpaired) electrons. The van der Waals surface area contributed by atoms with Crippen molar-refractivity contribution in [3.8, 4) is 0 Å². The molecule has 2 aliphatic rings. The number of carbonyl (C=O) groups is 1. The second kappa shape index (κ2) is 4.26. The predicted octanol–water partition coefficient (Wildman–Crippen LogP) is 1.53. The van der Waals surface area contributed by atoms with E-state index in [1.165, 1.54) is 11.3 Å². The fraction of sp³-hybridized carbons (Fsp3) is 0.429. The summed E-state index contributed by atoms with van der Waals surface area (Å²) in [7, 11) is 3.85. The number of fused-ring (bicyclic) bond motifs is 1. The maximum absolute atomic E-state index is 11.6. The highest BCUT2D eigenvalue weighted by molar-refractivity contribution is 6.03. The summed E-state index contributed by atoms with van der Waals surface area (Å²) < 4.78 is 0. The van der Waals surface area contributed by atoms with Gasteiger partial charge in [0.1, 0.15) is 11.9 Å². The van der Waals surface area contributed by atoms with Gasteiger partial charge < -0.3 is 15.5 Å². The van der Waals surface area contributed by atoms with Crippen molar-refractivity contribution in [3.05, 3.63) is 29.3 Å². The van der Waals surface area contributed by atoms with Crippen LogP contribution in [0, 0.1) is 0 Å². The molecular weight excluding hydrogens is 240 g/mol. The molecule has 0 aliphatic carbocycles. The minimum absolute atomic E-state index is 0.218. The molecule has 2 amide bonds. The number of carbonyl (C=O) groups excluding carboxylic acids is 1. The van der Waals surface area contributed by atoms with E-state index in [2.05, 4.69) is 29.1 Å². The van der Waals surface area contributed by atoms with Gasteiger partial charge in [-0.3, -0.25) is 0 Å². The monoisotopic (exact) mass is 258 g/mol. The highest BCUT2D eigenvalue weighted by atomic mass is 16.2. The van der Waals surface area contributed by atoms with Crippen molar-refractivity contribution in [3.63, 3.8) is 0 Å². The number of aryl methyl sites for hydroxylation is 1. The van der Waals surface area contributed by atoms with Gasteiger partial charge in [-0.15, -0.1) is 0 Å². The molecule has 19 heavy (non-hydrogen) atoms. The molecule has 0 spiro atoms. The van der Waals surface area contributed by atoms with Gasteiger partial charge >= 0.3 is 6.03 Å². The van der Waals surface area contributed by atoms with Crippen molar-refractivity contribution < 1.29 is 4.79 Å². The zero-order chi connectivity index (χ0) is 13.6. The van der Waals surface area contributed by atoms with Gasteiger partial charge in [0.15, 0.2) is 0 Å². The number of anilines is 1. The molecule has 5 heteroatoms. The lowest BCUT2D eigenvalue weighted by molar-refractivity contribution is 0.218. The summed E-state index contributed by atoms with van der Waals surface area (Å²) in [6.07, 6.45) is 2.24.